The fourth-order valence-electron chi connectivity index (χ4n) is 3.57. The Hall–Kier alpha value is -3.85. The molecule has 0 spiro atoms. The molecule has 9 nitrogen and oxygen atoms in total. The molecule has 0 radical (unpaired) electrons. The molecule has 1 aromatic heterocycles. The Morgan fingerprint density at radius 1 is 1.06 bits per heavy atom. The van der Waals surface area contributed by atoms with Crippen LogP contribution in [0, 0.1) is 6.92 Å². The molecule has 3 aromatic rings. The van der Waals surface area contributed by atoms with Gasteiger partial charge in [0.05, 0.1) is 6.10 Å². The van der Waals surface area contributed by atoms with Crippen molar-refractivity contribution < 1.29 is 23.5 Å². The van der Waals surface area contributed by atoms with Gasteiger partial charge in [0.15, 0.2) is 6.61 Å². The van der Waals surface area contributed by atoms with E-state index in [1.807, 2.05) is 6.92 Å². The monoisotopic (exact) mass is 451 g/mol. The van der Waals surface area contributed by atoms with E-state index in [1.54, 1.807) is 42.5 Å². The number of hydrogen-bond acceptors (Lipinski definition) is 6. The van der Waals surface area contributed by atoms with E-state index in [0.717, 1.165) is 30.4 Å². The highest BCUT2D eigenvalue weighted by atomic mass is 16.5. The number of carbonyl (C=O) groups excluding carboxylic acids is 2. The third-order valence-electron chi connectivity index (χ3n) is 5.23. The lowest BCUT2D eigenvalue weighted by molar-refractivity contribution is -0.118. The van der Waals surface area contributed by atoms with Crippen LogP contribution < -0.4 is 26.3 Å². The predicted octanol–water partition coefficient (Wildman–Crippen LogP) is 3.42. The number of ether oxygens (including phenoxy) is 2. The van der Waals surface area contributed by atoms with Gasteiger partial charge in [-0.25, -0.2) is 9.59 Å². The standard InChI is InChI=1S/C24H25N3O6/c1-15-11-23(29)33-21-12-18(8-9-20(15)21)32-14-22(28)26-16-4-6-17(7-5-16)27-24(30)25-13-19-3-2-10-31-19/h4-9,11-12,19H,2-3,10,13-14H2,1H3,(H,26,28)(H2,25,27,30). The van der Waals surface area contributed by atoms with Crippen molar-refractivity contribution >= 4 is 34.3 Å². The Morgan fingerprint density at radius 3 is 2.55 bits per heavy atom. The second-order valence-electron chi connectivity index (χ2n) is 7.79. The van der Waals surface area contributed by atoms with Crippen LogP contribution in [-0.2, 0) is 9.53 Å². The second kappa shape index (κ2) is 10.2. The normalized spacial score (nSPS) is 15.2. The van der Waals surface area contributed by atoms with Crippen LogP contribution in [0.5, 0.6) is 5.75 Å². The lowest BCUT2D eigenvalue weighted by Crippen LogP contribution is -2.35. The van der Waals surface area contributed by atoms with Crippen LogP contribution in [-0.4, -0.2) is 37.8 Å². The Bertz CT molecular complexity index is 1200. The zero-order valence-corrected chi connectivity index (χ0v) is 18.2. The van der Waals surface area contributed by atoms with Gasteiger partial charge in [0.2, 0.25) is 0 Å². The van der Waals surface area contributed by atoms with Crippen LogP contribution in [0.15, 0.2) is 57.7 Å². The van der Waals surface area contributed by atoms with Gasteiger partial charge >= 0.3 is 11.7 Å². The summed E-state index contributed by atoms with van der Waals surface area (Å²) in [5, 5.41) is 9.06. The van der Waals surface area contributed by atoms with Crippen molar-refractivity contribution in [3.63, 3.8) is 0 Å². The van der Waals surface area contributed by atoms with Gasteiger partial charge in [-0.2, -0.15) is 0 Å². The molecule has 1 aliphatic rings. The van der Waals surface area contributed by atoms with Crippen molar-refractivity contribution in [3.8, 4) is 5.75 Å². The number of urea groups is 1. The molecule has 1 fully saturated rings. The third kappa shape index (κ3) is 6.11. The van der Waals surface area contributed by atoms with Gasteiger partial charge in [-0.3, -0.25) is 4.79 Å². The summed E-state index contributed by atoms with van der Waals surface area (Å²) in [6.45, 7) is 2.83. The predicted molar refractivity (Wildman–Crippen MR) is 124 cm³/mol. The van der Waals surface area contributed by atoms with E-state index in [2.05, 4.69) is 16.0 Å². The van der Waals surface area contributed by atoms with Crippen molar-refractivity contribution in [3.05, 3.63) is 64.5 Å². The van der Waals surface area contributed by atoms with Gasteiger partial charge < -0.3 is 29.8 Å². The Kier molecular flexibility index (Phi) is 6.89. The molecule has 0 bridgehead atoms. The van der Waals surface area contributed by atoms with E-state index in [9.17, 15) is 14.4 Å². The number of amides is 3. The minimum Gasteiger partial charge on any atom is -0.484 e. The molecule has 1 atom stereocenters. The molecule has 2 heterocycles. The quantitative estimate of drug-likeness (QED) is 0.474. The fourth-order valence-corrected chi connectivity index (χ4v) is 3.57. The molecule has 1 aliphatic heterocycles. The molecular weight excluding hydrogens is 426 g/mol. The van der Waals surface area contributed by atoms with Crippen molar-refractivity contribution in [2.45, 2.75) is 25.9 Å². The third-order valence-corrected chi connectivity index (χ3v) is 5.23. The van der Waals surface area contributed by atoms with E-state index in [-0.39, 0.29) is 24.6 Å². The van der Waals surface area contributed by atoms with Gasteiger partial charge in [0.1, 0.15) is 11.3 Å². The Balaban J connectivity index is 1.25. The first kappa shape index (κ1) is 22.3. The SMILES string of the molecule is Cc1cc(=O)oc2cc(OCC(=O)Nc3ccc(NC(=O)NCC4CCCO4)cc3)ccc12. The molecule has 0 saturated carbocycles. The lowest BCUT2D eigenvalue weighted by Gasteiger charge is -2.12. The number of anilines is 2. The molecule has 3 amide bonds. The highest BCUT2D eigenvalue weighted by molar-refractivity contribution is 5.93. The van der Waals surface area contributed by atoms with Crippen molar-refractivity contribution in [1.82, 2.24) is 5.32 Å². The average Bonchev–Trinajstić information content (AvgIpc) is 3.31. The smallest absolute Gasteiger partial charge is 0.336 e. The first-order valence-electron chi connectivity index (χ1n) is 10.7. The molecule has 1 unspecified atom stereocenters. The maximum atomic E-state index is 12.2. The van der Waals surface area contributed by atoms with Crippen molar-refractivity contribution in [1.29, 1.82) is 0 Å². The number of carbonyl (C=O) groups is 2. The zero-order valence-electron chi connectivity index (χ0n) is 18.2. The van der Waals surface area contributed by atoms with Crippen LogP contribution >= 0.6 is 0 Å². The number of rotatable bonds is 7. The highest BCUT2D eigenvalue weighted by Gasteiger charge is 2.16. The van der Waals surface area contributed by atoms with Crippen LogP contribution in [0.4, 0.5) is 16.2 Å². The van der Waals surface area contributed by atoms with Crippen LogP contribution in [0.1, 0.15) is 18.4 Å². The van der Waals surface area contributed by atoms with E-state index in [0.29, 0.717) is 29.3 Å². The summed E-state index contributed by atoms with van der Waals surface area (Å²) in [5.41, 5.74) is 1.94. The largest absolute Gasteiger partial charge is 0.484 e. The molecule has 4 rings (SSSR count). The number of fused-ring (bicyclic) bond motifs is 1. The van der Waals surface area contributed by atoms with Crippen molar-refractivity contribution in [2.24, 2.45) is 0 Å². The van der Waals surface area contributed by atoms with E-state index in [1.165, 1.54) is 6.07 Å². The summed E-state index contributed by atoms with van der Waals surface area (Å²) in [6, 6.07) is 12.9. The number of hydrogen-bond donors (Lipinski definition) is 3. The second-order valence-corrected chi connectivity index (χ2v) is 7.79. The van der Waals surface area contributed by atoms with Gasteiger partial charge in [0, 0.05) is 42.0 Å². The molecular formula is C24H25N3O6. The maximum Gasteiger partial charge on any atom is 0.336 e. The van der Waals surface area contributed by atoms with E-state index < -0.39 is 5.63 Å². The van der Waals surface area contributed by atoms with Crippen LogP contribution in [0.25, 0.3) is 11.0 Å². The number of nitrogens with one attached hydrogen (secondary N) is 3. The van der Waals surface area contributed by atoms with E-state index in [4.69, 9.17) is 13.9 Å². The molecule has 2 aromatic carbocycles. The molecule has 1 saturated heterocycles. The summed E-state index contributed by atoms with van der Waals surface area (Å²) < 4.78 is 16.2. The summed E-state index contributed by atoms with van der Waals surface area (Å²) in [7, 11) is 0. The molecule has 3 N–H and O–H groups in total. The molecule has 172 valence electrons. The highest BCUT2D eigenvalue weighted by Crippen LogP contribution is 2.22. The molecule has 0 aliphatic carbocycles. The van der Waals surface area contributed by atoms with Gasteiger partial charge in [0.25, 0.3) is 5.91 Å². The number of aryl methyl sites for hydroxylation is 1. The maximum absolute atomic E-state index is 12.2. The summed E-state index contributed by atoms with van der Waals surface area (Å²) in [6.07, 6.45) is 2.05. The minimum absolute atomic E-state index is 0.0767. The van der Waals surface area contributed by atoms with Crippen LogP contribution in [0.3, 0.4) is 0 Å². The van der Waals surface area contributed by atoms with Gasteiger partial charge in [-0.15, -0.1) is 0 Å². The topological polar surface area (TPSA) is 119 Å². The zero-order chi connectivity index (χ0) is 23.2. The van der Waals surface area contributed by atoms with Crippen molar-refractivity contribution in [2.75, 3.05) is 30.4 Å². The summed E-state index contributed by atoms with van der Waals surface area (Å²) in [4.78, 5) is 35.8. The Morgan fingerprint density at radius 2 is 1.82 bits per heavy atom. The van der Waals surface area contributed by atoms with Crippen LogP contribution in [0.2, 0.25) is 0 Å². The van der Waals surface area contributed by atoms with Gasteiger partial charge in [-0.1, -0.05) is 0 Å². The first-order chi connectivity index (χ1) is 16.0. The minimum atomic E-state index is -0.437. The average molecular weight is 451 g/mol. The fraction of sp³-hybridized carbons (Fsp3) is 0.292. The molecule has 33 heavy (non-hydrogen) atoms. The summed E-state index contributed by atoms with van der Waals surface area (Å²) in [5.74, 6) is 0.0655. The molecule has 9 heteroatoms. The van der Waals surface area contributed by atoms with E-state index >= 15 is 0 Å². The lowest BCUT2D eigenvalue weighted by atomic mass is 10.1. The first-order valence-corrected chi connectivity index (χ1v) is 10.7. The Labute approximate surface area is 190 Å². The summed E-state index contributed by atoms with van der Waals surface area (Å²) >= 11 is 0. The van der Waals surface area contributed by atoms with Gasteiger partial charge in [-0.05, 0) is 61.7 Å². The number of benzene rings is 2.